The number of alkyl halides is 3. The highest BCUT2D eigenvalue weighted by Gasteiger charge is 2.39. The number of halogens is 6. The quantitative estimate of drug-likeness (QED) is 0.216. The molecule has 0 atom stereocenters. The van der Waals surface area contributed by atoms with Gasteiger partial charge in [-0.2, -0.15) is 13.2 Å². The van der Waals surface area contributed by atoms with Crippen molar-refractivity contribution in [3.05, 3.63) is 58.9 Å². The minimum absolute atomic E-state index is 0.0243. The lowest BCUT2D eigenvalue weighted by atomic mass is 10.0. The lowest BCUT2D eigenvalue weighted by molar-refractivity contribution is -0.147. The first-order valence-electron chi connectivity index (χ1n) is 10.3. The van der Waals surface area contributed by atoms with Gasteiger partial charge in [-0.15, -0.1) is 11.8 Å². The van der Waals surface area contributed by atoms with Gasteiger partial charge in [0.2, 0.25) is 5.82 Å². The molecule has 0 N–H and O–H groups in total. The van der Waals surface area contributed by atoms with Gasteiger partial charge < -0.3 is 9.47 Å². The van der Waals surface area contributed by atoms with Crippen LogP contribution in [0, 0.1) is 11.6 Å². The zero-order valence-electron chi connectivity index (χ0n) is 17.0. The molecule has 0 unspecified atom stereocenters. The molecule has 0 bridgehead atoms. The summed E-state index contributed by atoms with van der Waals surface area (Å²) in [5.74, 6) is -1.14. The Morgan fingerprint density at radius 1 is 1.03 bits per heavy atom. The summed E-state index contributed by atoms with van der Waals surface area (Å²) in [5.41, 5.74) is 0.334. The molecule has 1 saturated heterocycles. The summed E-state index contributed by atoms with van der Waals surface area (Å²) in [6.45, 7) is 2.16. The molecule has 0 aliphatic carbocycles. The van der Waals surface area contributed by atoms with E-state index in [-0.39, 0.29) is 17.4 Å². The minimum Gasteiger partial charge on any atom is -0.317 e. The van der Waals surface area contributed by atoms with E-state index in [2.05, 4.69) is 9.88 Å². The van der Waals surface area contributed by atoms with Gasteiger partial charge in [-0.3, -0.25) is 0 Å². The summed E-state index contributed by atoms with van der Waals surface area (Å²) >= 11 is 7.59. The second-order valence-electron chi connectivity index (χ2n) is 7.79. The number of fused-ring (bicyclic) bond motifs is 1. The van der Waals surface area contributed by atoms with Gasteiger partial charge in [0.15, 0.2) is 0 Å². The van der Waals surface area contributed by atoms with Crippen LogP contribution in [0.25, 0.3) is 11.0 Å². The lowest BCUT2D eigenvalue weighted by Crippen LogP contribution is -2.36. The molecule has 1 aromatic heterocycles. The first-order chi connectivity index (χ1) is 15.2. The van der Waals surface area contributed by atoms with Gasteiger partial charge in [0.05, 0.1) is 16.1 Å². The molecular weight excluding hydrogens is 469 g/mol. The number of hydrogen-bond acceptors (Lipinski definition) is 3. The Kier molecular flexibility index (Phi) is 6.97. The highest BCUT2D eigenvalue weighted by Crippen LogP contribution is 2.37. The van der Waals surface area contributed by atoms with Crippen molar-refractivity contribution in [3.8, 4) is 0 Å². The molecule has 3 nitrogen and oxygen atoms in total. The van der Waals surface area contributed by atoms with Crippen molar-refractivity contribution in [3.63, 3.8) is 0 Å². The molecule has 0 spiro atoms. The Hall–Kier alpha value is -1.84. The van der Waals surface area contributed by atoms with Crippen molar-refractivity contribution < 1.29 is 22.0 Å². The second-order valence-corrected chi connectivity index (χ2v) is 9.33. The van der Waals surface area contributed by atoms with Crippen LogP contribution in [0.1, 0.15) is 31.1 Å². The van der Waals surface area contributed by atoms with E-state index in [1.807, 2.05) is 0 Å². The van der Waals surface area contributed by atoms with Gasteiger partial charge >= 0.3 is 6.18 Å². The zero-order chi connectivity index (χ0) is 22.9. The van der Waals surface area contributed by atoms with Crippen molar-refractivity contribution in [2.75, 3.05) is 25.4 Å². The van der Waals surface area contributed by atoms with Crippen LogP contribution in [0.5, 0.6) is 0 Å². The monoisotopic (exact) mass is 489 g/mol. The summed E-state index contributed by atoms with van der Waals surface area (Å²) in [6.07, 6.45) is -2.61. The summed E-state index contributed by atoms with van der Waals surface area (Å²) in [7, 11) is 0. The number of rotatable bonds is 6. The predicted octanol–water partition coefficient (Wildman–Crippen LogP) is 6.81. The van der Waals surface area contributed by atoms with E-state index in [1.165, 1.54) is 28.8 Å². The largest absolute Gasteiger partial charge is 0.449 e. The number of aromatic nitrogens is 2. The maximum absolute atomic E-state index is 13.6. The maximum Gasteiger partial charge on any atom is 0.449 e. The number of benzene rings is 2. The molecule has 4 rings (SSSR count). The third kappa shape index (κ3) is 5.21. The Balaban J connectivity index is 1.35. The Morgan fingerprint density at radius 3 is 2.41 bits per heavy atom. The van der Waals surface area contributed by atoms with Crippen molar-refractivity contribution in [1.82, 2.24) is 14.5 Å². The number of hydrogen-bond donors (Lipinski definition) is 0. The van der Waals surface area contributed by atoms with Crippen LogP contribution in [0.2, 0.25) is 5.02 Å². The van der Waals surface area contributed by atoms with Gasteiger partial charge in [-0.1, -0.05) is 11.6 Å². The molecule has 10 heteroatoms. The molecule has 1 aliphatic rings. The van der Waals surface area contributed by atoms with Crippen LogP contribution in [0.3, 0.4) is 0 Å². The highest BCUT2D eigenvalue weighted by molar-refractivity contribution is 7.99. The first-order valence-corrected chi connectivity index (χ1v) is 11.6. The second kappa shape index (κ2) is 9.57. The summed E-state index contributed by atoms with van der Waals surface area (Å²) in [5, 5.41) is 0.392. The van der Waals surface area contributed by atoms with Crippen LogP contribution in [-0.2, 0) is 6.18 Å². The Labute approximate surface area is 191 Å². The van der Waals surface area contributed by atoms with Crippen LogP contribution in [0.4, 0.5) is 22.0 Å². The van der Waals surface area contributed by atoms with E-state index in [1.54, 1.807) is 17.8 Å². The van der Waals surface area contributed by atoms with Gasteiger partial charge in [0.25, 0.3) is 0 Å². The topological polar surface area (TPSA) is 21.1 Å². The molecule has 2 aromatic carbocycles. The standard InChI is InChI=1S/C22H21ClF5N3S/c23-17-12-14(24)3-5-20(17)32-11-1-8-30-9-6-16(7-10-30)31-19-4-2-15(25)13-18(19)29-21(31)22(26,27)28/h2-5,12-13,16H,1,6-11H2. The number of thioether (sulfide) groups is 1. The van der Waals surface area contributed by atoms with Crippen molar-refractivity contribution in [2.45, 2.75) is 36.4 Å². The molecule has 2 heterocycles. The fourth-order valence-corrected chi connectivity index (χ4v) is 5.29. The third-order valence-electron chi connectivity index (χ3n) is 5.60. The number of likely N-dealkylation sites (tertiary alicyclic amines) is 1. The fraction of sp³-hybridized carbons (Fsp3) is 0.409. The maximum atomic E-state index is 13.6. The molecule has 1 aliphatic heterocycles. The number of nitrogens with zero attached hydrogens (tertiary/aromatic N) is 3. The van der Waals surface area contributed by atoms with Crippen molar-refractivity contribution in [2.24, 2.45) is 0 Å². The zero-order valence-corrected chi connectivity index (χ0v) is 18.6. The molecule has 32 heavy (non-hydrogen) atoms. The highest BCUT2D eigenvalue weighted by atomic mass is 35.5. The minimum atomic E-state index is -4.61. The van der Waals surface area contributed by atoms with Gasteiger partial charge in [0.1, 0.15) is 11.6 Å². The molecular formula is C22H21ClF5N3S. The molecule has 172 valence electrons. The van der Waals surface area contributed by atoms with Crippen LogP contribution >= 0.6 is 23.4 Å². The van der Waals surface area contributed by atoms with Crippen molar-refractivity contribution >= 4 is 34.4 Å². The van der Waals surface area contributed by atoms with Crippen LogP contribution in [0.15, 0.2) is 41.3 Å². The van der Waals surface area contributed by atoms with Gasteiger partial charge in [0, 0.05) is 30.1 Å². The van der Waals surface area contributed by atoms with E-state index >= 15 is 0 Å². The summed E-state index contributed by atoms with van der Waals surface area (Å²) in [6, 6.07) is 7.57. The van der Waals surface area contributed by atoms with E-state index < -0.39 is 17.8 Å². The van der Waals surface area contributed by atoms with Crippen molar-refractivity contribution in [1.29, 1.82) is 0 Å². The molecule has 0 radical (unpaired) electrons. The fourth-order valence-electron chi connectivity index (χ4n) is 4.11. The molecule has 1 fully saturated rings. The van der Waals surface area contributed by atoms with E-state index in [0.29, 0.717) is 36.5 Å². The third-order valence-corrected chi connectivity index (χ3v) is 7.18. The average Bonchev–Trinajstić information content (AvgIpc) is 3.12. The average molecular weight is 490 g/mol. The predicted molar refractivity (Wildman–Crippen MR) is 116 cm³/mol. The van der Waals surface area contributed by atoms with Crippen LogP contribution < -0.4 is 0 Å². The molecule has 0 saturated carbocycles. The van der Waals surface area contributed by atoms with Gasteiger partial charge in [-0.05, 0) is 61.9 Å². The smallest absolute Gasteiger partial charge is 0.317 e. The van der Waals surface area contributed by atoms with Crippen LogP contribution in [-0.4, -0.2) is 39.8 Å². The SMILES string of the molecule is Fc1ccc(SCCCN2CCC(n3c(C(F)(F)F)nc4cc(F)ccc43)CC2)c(Cl)c1. The molecule has 0 amide bonds. The Bertz CT molecular complexity index is 1090. The Morgan fingerprint density at radius 2 is 1.72 bits per heavy atom. The summed E-state index contributed by atoms with van der Waals surface area (Å²) in [4.78, 5) is 6.75. The van der Waals surface area contributed by atoms with Gasteiger partial charge in [-0.25, -0.2) is 13.8 Å². The van der Waals surface area contributed by atoms with E-state index in [0.717, 1.165) is 29.7 Å². The molecule has 3 aromatic rings. The first kappa shape index (κ1) is 23.3. The lowest BCUT2D eigenvalue weighted by Gasteiger charge is -2.33. The van der Waals surface area contributed by atoms with E-state index in [4.69, 9.17) is 11.6 Å². The number of piperidine rings is 1. The number of imidazole rings is 1. The summed E-state index contributed by atoms with van der Waals surface area (Å²) < 4.78 is 68.6. The van der Waals surface area contributed by atoms with E-state index in [9.17, 15) is 22.0 Å². The normalized spacial score (nSPS) is 16.2.